The van der Waals surface area contributed by atoms with E-state index >= 15 is 0 Å². The van der Waals surface area contributed by atoms with Crippen molar-refractivity contribution < 1.29 is 18.3 Å². The molecule has 2 aromatic heterocycles. The van der Waals surface area contributed by atoms with Crippen LogP contribution in [0, 0.1) is 0 Å². The van der Waals surface area contributed by atoms with E-state index in [1.165, 1.54) is 28.9 Å². The van der Waals surface area contributed by atoms with Crippen LogP contribution >= 0.6 is 23.2 Å². The monoisotopic (exact) mass is 541 g/mol. The summed E-state index contributed by atoms with van der Waals surface area (Å²) in [5.41, 5.74) is 6.00. The Labute approximate surface area is 212 Å². The molecule has 0 aliphatic carbocycles. The van der Waals surface area contributed by atoms with Crippen molar-refractivity contribution >= 4 is 23.2 Å². The minimum atomic E-state index is -4.93. The normalized spacial score (nSPS) is 13.7. The predicted molar refractivity (Wildman–Crippen MR) is 127 cm³/mol. The Bertz CT molecular complexity index is 1430. The average Bonchev–Trinajstić information content (AvgIpc) is 3.36. The summed E-state index contributed by atoms with van der Waals surface area (Å²) in [7, 11) is 0. The molecule has 0 aliphatic rings. The van der Waals surface area contributed by atoms with Crippen molar-refractivity contribution in [3.8, 4) is 17.1 Å². The Morgan fingerprint density at radius 3 is 2.36 bits per heavy atom. The van der Waals surface area contributed by atoms with Gasteiger partial charge in [0.05, 0.1) is 23.3 Å². The maximum Gasteiger partial charge on any atom is 0.416 e. The second kappa shape index (κ2) is 10.1. The van der Waals surface area contributed by atoms with Crippen LogP contribution in [0.3, 0.4) is 0 Å². The number of aliphatic hydroxyl groups excluding tert-OH is 1. The molecule has 190 valence electrons. The number of benzene rings is 2. The fourth-order valence-corrected chi connectivity index (χ4v) is 3.80. The number of alkyl halides is 3. The fraction of sp³-hybridized carbons (Fsp3) is 0.273. The number of nitrogens with two attached hydrogens (primary N) is 1. The highest BCUT2D eigenvalue weighted by Crippen LogP contribution is 2.25. The Balaban J connectivity index is 1.78. The second-order valence-corrected chi connectivity index (χ2v) is 8.82. The first-order chi connectivity index (χ1) is 17.0. The molecule has 0 bridgehead atoms. The molecule has 0 aliphatic heterocycles. The molecule has 2 atom stereocenters. The Morgan fingerprint density at radius 2 is 1.75 bits per heavy atom. The second-order valence-electron chi connectivity index (χ2n) is 7.98. The van der Waals surface area contributed by atoms with Crippen LogP contribution in [0.5, 0.6) is 0 Å². The van der Waals surface area contributed by atoms with Gasteiger partial charge >= 0.3 is 11.9 Å². The lowest BCUT2D eigenvalue weighted by Gasteiger charge is -2.15. The van der Waals surface area contributed by atoms with Crippen LogP contribution in [-0.2, 0) is 13.1 Å². The number of nitrogens with zero attached hydrogens (tertiary/aromatic N) is 6. The molecule has 0 saturated carbocycles. The minimum Gasteiger partial charge on any atom is -0.382 e. The molecule has 2 heterocycles. The van der Waals surface area contributed by atoms with Gasteiger partial charge in [-0.15, -0.1) is 10.2 Å². The number of para-hydroxylation sites is 1. The highest BCUT2D eigenvalue weighted by atomic mass is 35.5. The number of halogens is 5. The number of hydrogen-bond donors (Lipinski definition) is 2. The van der Waals surface area contributed by atoms with Gasteiger partial charge in [-0.3, -0.25) is 4.57 Å². The molecular formula is C22H20Cl2F3N7O2. The van der Waals surface area contributed by atoms with Crippen LogP contribution in [0.4, 0.5) is 13.2 Å². The van der Waals surface area contributed by atoms with Crippen LogP contribution in [0.2, 0.25) is 10.0 Å². The third-order valence-corrected chi connectivity index (χ3v) is 5.79. The summed E-state index contributed by atoms with van der Waals surface area (Å²) < 4.78 is 42.3. The molecule has 0 saturated heterocycles. The third kappa shape index (κ3) is 5.31. The van der Waals surface area contributed by atoms with Crippen molar-refractivity contribution in [2.75, 3.05) is 0 Å². The first kappa shape index (κ1) is 25.9. The van der Waals surface area contributed by atoms with Crippen molar-refractivity contribution in [3.63, 3.8) is 0 Å². The lowest BCUT2D eigenvalue weighted by atomic mass is 10.2. The van der Waals surface area contributed by atoms with E-state index in [0.717, 1.165) is 9.25 Å². The molecular weight excluding hydrogens is 522 g/mol. The van der Waals surface area contributed by atoms with Crippen molar-refractivity contribution in [1.82, 2.24) is 29.1 Å². The summed E-state index contributed by atoms with van der Waals surface area (Å²) in [5.74, 6) is 0.405. The van der Waals surface area contributed by atoms with Gasteiger partial charge in [0, 0.05) is 10.6 Å². The molecule has 9 nitrogen and oxygen atoms in total. The lowest BCUT2D eigenvalue weighted by molar-refractivity contribution is -0.207. The van der Waals surface area contributed by atoms with Crippen LogP contribution in [0.1, 0.15) is 24.6 Å². The van der Waals surface area contributed by atoms with E-state index in [0.29, 0.717) is 27.1 Å². The molecule has 0 amide bonds. The van der Waals surface area contributed by atoms with Gasteiger partial charge in [-0.05, 0) is 43.3 Å². The molecule has 0 radical (unpaired) electrons. The molecule has 14 heteroatoms. The summed E-state index contributed by atoms with van der Waals surface area (Å²) >= 11 is 12.2. The average molecular weight is 542 g/mol. The summed E-state index contributed by atoms with van der Waals surface area (Å²) in [5, 5.41) is 19.0. The lowest BCUT2D eigenvalue weighted by Crippen LogP contribution is -2.37. The van der Waals surface area contributed by atoms with Gasteiger partial charge in [0.1, 0.15) is 12.4 Å². The maximum atomic E-state index is 13.1. The van der Waals surface area contributed by atoms with Gasteiger partial charge in [0.25, 0.3) is 0 Å². The molecule has 4 rings (SSSR count). The predicted octanol–water partition coefficient (Wildman–Crippen LogP) is 3.59. The van der Waals surface area contributed by atoms with E-state index in [2.05, 4.69) is 15.2 Å². The molecule has 2 unspecified atom stereocenters. The van der Waals surface area contributed by atoms with E-state index in [1.807, 2.05) is 0 Å². The number of rotatable bonds is 7. The maximum absolute atomic E-state index is 13.1. The van der Waals surface area contributed by atoms with E-state index < -0.39 is 30.6 Å². The fourth-order valence-electron chi connectivity index (χ4n) is 3.46. The van der Waals surface area contributed by atoms with Crippen LogP contribution in [0.15, 0.2) is 53.3 Å². The van der Waals surface area contributed by atoms with Gasteiger partial charge in [-0.1, -0.05) is 35.3 Å². The Morgan fingerprint density at radius 1 is 1.08 bits per heavy atom. The van der Waals surface area contributed by atoms with Crippen molar-refractivity contribution in [1.29, 1.82) is 0 Å². The molecule has 0 fully saturated rings. The van der Waals surface area contributed by atoms with Gasteiger partial charge < -0.3 is 10.8 Å². The van der Waals surface area contributed by atoms with Crippen LogP contribution < -0.4 is 11.4 Å². The Hall–Kier alpha value is -3.19. The quantitative estimate of drug-likeness (QED) is 0.369. The van der Waals surface area contributed by atoms with E-state index in [1.54, 1.807) is 31.2 Å². The van der Waals surface area contributed by atoms with Crippen molar-refractivity contribution in [2.45, 2.75) is 38.3 Å². The van der Waals surface area contributed by atoms with Gasteiger partial charge in [0.2, 0.25) is 0 Å². The summed E-state index contributed by atoms with van der Waals surface area (Å²) in [6, 6.07) is 12.3. The SMILES string of the molecule is CC(N)c1nc(Cn2nc(-c3ccc(Cl)cc3)n(CC(O)C(F)(F)F)c2=O)nn1-c1ccccc1Cl. The number of hydrogen-bond acceptors (Lipinski definition) is 6. The molecule has 2 aromatic carbocycles. The molecule has 0 spiro atoms. The van der Waals surface area contributed by atoms with Crippen molar-refractivity contribution in [3.05, 3.63) is 80.7 Å². The zero-order valence-electron chi connectivity index (χ0n) is 18.7. The van der Waals surface area contributed by atoms with Crippen LogP contribution in [0.25, 0.3) is 17.1 Å². The first-order valence-electron chi connectivity index (χ1n) is 10.6. The molecule has 36 heavy (non-hydrogen) atoms. The summed E-state index contributed by atoms with van der Waals surface area (Å²) in [6.07, 6.45) is -7.71. The number of aliphatic hydroxyl groups is 1. The first-order valence-corrected chi connectivity index (χ1v) is 11.4. The van der Waals surface area contributed by atoms with Gasteiger partial charge in [-0.2, -0.15) is 13.2 Å². The zero-order chi connectivity index (χ0) is 26.2. The smallest absolute Gasteiger partial charge is 0.382 e. The zero-order valence-corrected chi connectivity index (χ0v) is 20.2. The van der Waals surface area contributed by atoms with E-state index in [-0.39, 0.29) is 18.2 Å². The van der Waals surface area contributed by atoms with E-state index in [4.69, 9.17) is 28.9 Å². The largest absolute Gasteiger partial charge is 0.416 e. The number of aromatic nitrogens is 6. The van der Waals surface area contributed by atoms with Gasteiger partial charge in [-0.25, -0.2) is 19.1 Å². The van der Waals surface area contributed by atoms with E-state index in [9.17, 15) is 23.1 Å². The highest BCUT2D eigenvalue weighted by Gasteiger charge is 2.39. The van der Waals surface area contributed by atoms with Crippen molar-refractivity contribution in [2.24, 2.45) is 5.73 Å². The standard InChI is InChI=1S/C22H20Cl2F3N7O2/c1-12(28)19-29-18(30-34(19)16-5-3-2-4-15(16)24)11-33-21(36)32(10-17(35)22(25,26)27)20(31-33)13-6-8-14(23)9-7-13/h2-9,12,17,35H,10-11,28H2,1H3. The summed E-state index contributed by atoms with van der Waals surface area (Å²) in [6.45, 7) is 0.373. The van der Waals surface area contributed by atoms with Crippen LogP contribution in [-0.4, -0.2) is 46.5 Å². The topological polar surface area (TPSA) is 117 Å². The summed E-state index contributed by atoms with van der Waals surface area (Å²) in [4.78, 5) is 17.5. The van der Waals surface area contributed by atoms with Gasteiger partial charge in [0.15, 0.2) is 17.8 Å². The third-order valence-electron chi connectivity index (χ3n) is 5.21. The highest BCUT2D eigenvalue weighted by molar-refractivity contribution is 6.32. The minimum absolute atomic E-state index is 0.0853. The Kier molecular flexibility index (Phi) is 7.23. The molecule has 3 N–H and O–H groups in total. The molecule has 4 aromatic rings.